The van der Waals surface area contributed by atoms with Gasteiger partial charge in [0.1, 0.15) is 5.75 Å². The molecule has 0 fully saturated rings. The molecule has 7 heteroatoms. The maximum absolute atomic E-state index is 13.1. The quantitative estimate of drug-likeness (QED) is 0.597. The first-order valence-corrected chi connectivity index (χ1v) is 8.45. The molecule has 0 heterocycles. The number of halogens is 4. The highest BCUT2D eigenvalue weighted by Gasteiger charge is 2.34. The number of carbonyl (C=O) groups is 1. The highest BCUT2D eigenvalue weighted by Crippen LogP contribution is 2.36. The third-order valence-corrected chi connectivity index (χ3v) is 4.18. The van der Waals surface area contributed by atoms with Crippen LogP contribution in [0.25, 0.3) is 10.8 Å². The molecule has 3 aromatic carbocycles. The lowest BCUT2D eigenvalue weighted by Crippen LogP contribution is -2.31. The number of ether oxygens (including phenoxy) is 1. The molecule has 0 radical (unpaired) electrons. The minimum atomic E-state index is -4.64. The average Bonchev–Trinajstić information content (AvgIpc) is 2.62. The molecule has 0 aliphatic heterocycles. The second kappa shape index (κ2) is 7.48. The highest BCUT2D eigenvalue weighted by molar-refractivity contribution is 6.30. The largest absolute Gasteiger partial charge is 0.481 e. The van der Waals surface area contributed by atoms with E-state index in [4.69, 9.17) is 16.3 Å². The van der Waals surface area contributed by atoms with Crippen LogP contribution in [0.5, 0.6) is 5.75 Å². The van der Waals surface area contributed by atoms with Crippen LogP contribution in [-0.4, -0.2) is 12.0 Å². The SMILES string of the molecule is C[C@H](Oc1ccc2ccccc2c1)C(=O)Nc1ccc(Cl)cc1C(F)(F)F. The van der Waals surface area contributed by atoms with Gasteiger partial charge in [0.2, 0.25) is 0 Å². The number of benzene rings is 3. The van der Waals surface area contributed by atoms with Crippen LogP contribution in [0, 0.1) is 0 Å². The first-order chi connectivity index (χ1) is 12.7. The number of amides is 1. The van der Waals surface area contributed by atoms with Gasteiger partial charge in [-0.25, -0.2) is 0 Å². The Morgan fingerprint density at radius 2 is 1.74 bits per heavy atom. The van der Waals surface area contributed by atoms with E-state index in [0.29, 0.717) is 5.75 Å². The number of hydrogen-bond acceptors (Lipinski definition) is 2. The van der Waals surface area contributed by atoms with Crippen LogP contribution in [0.2, 0.25) is 5.02 Å². The van der Waals surface area contributed by atoms with Gasteiger partial charge in [0.05, 0.1) is 11.3 Å². The predicted molar refractivity (Wildman–Crippen MR) is 99.1 cm³/mol. The smallest absolute Gasteiger partial charge is 0.418 e. The van der Waals surface area contributed by atoms with Crippen LogP contribution < -0.4 is 10.1 Å². The number of anilines is 1. The summed E-state index contributed by atoms with van der Waals surface area (Å²) in [4.78, 5) is 12.3. The molecule has 3 nitrogen and oxygen atoms in total. The Morgan fingerprint density at radius 3 is 2.44 bits per heavy atom. The maximum Gasteiger partial charge on any atom is 0.418 e. The summed E-state index contributed by atoms with van der Waals surface area (Å²) in [5.74, 6) is -0.250. The van der Waals surface area contributed by atoms with E-state index in [0.717, 1.165) is 22.9 Å². The summed E-state index contributed by atoms with van der Waals surface area (Å²) in [6.45, 7) is 1.47. The first kappa shape index (κ1) is 19.0. The maximum atomic E-state index is 13.1. The van der Waals surface area contributed by atoms with E-state index in [1.165, 1.54) is 13.0 Å². The molecule has 0 aliphatic rings. The Hall–Kier alpha value is -2.73. The molecule has 0 aliphatic carbocycles. The van der Waals surface area contributed by atoms with Crippen molar-refractivity contribution < 1.29 is 22.7 Å². The zero-order chi connectivity index (χ0) is 19.6. The number of fused-ring (bicyclic) bond motifs is 1. The zero-order valence-electron chi connectivity index (χ0n) is 14.2. The van der Waals surface area contributed by atoms with Crippen molar-refractivity contribution in [3.05, 3.63) is 71.2 Å². The summed E-state index contributed by atoms with van der Waals surface area (Å²) in [6.07, 6.45) is -5.64. The summed E-state index contributed by atoms with van der Waals surface area (Å²) in [5.41, 5.74) is -1.38. The molecule has 0 aromatic heterocycles. The van der Waals surface area contributed by atoms with Gasteiger partial charge in [0, 0.05) is 5.02 Å². The van der Waals surface area contributed by atoms with E-state index in [1.807, 2.05) is 30.3 Å². The van der Waals surface area contributed by atoms with Gasteiger partial charge in [-0.15, -0.1) is 0 Å². The zero-order valence-corrected chi connectivity index (χ0v) is 14.9. The summed E-state index contributed by atoms with van der Waals surface area (Å²) in [6, 6.07) is 16.1. The molecule has 1 amide bonds. The summed E-state index contributed by atoms with van der Waals surface area (Å²) in [5, 5.41) is 4.13. The molecule has 0 saturated carbocycles. The van der Waals surface area contributed by atoms with E-state index in [2.05, 4.69) is 5.32 Å². The van der Waals surface area contributed by atoms with Crippen molar-refractivity contribution >= 4 is 34.0 Å². The van der Waals surface area contributed by atoms with E-state index >= 15 is 0 Å². The van der Waals surface area contributed by atoms with Gasteiger partial charge < -0.3 is 10.1 Å². The number of rotatable bonds is 4. The number of hydrogen-bond donors (Lipinski definition) is 1. The van der Waals surface area contributed by atoms with Gasteiger partial charge in [-0.3, -0.25) is 4.79 Å². The molecule has 3 rings (SSSR count). The van der Waals surface area contributed by atoms with Crippen molar-refractivity contribution in [2.45, 2.75) is 19.2 Å². The van der Waals surface area contributed by atoms with Crippen LogP contribution in [0.3, 0.4) is 0 Å². The summed E-state index contributed by atoms with van der Waals surface area (Å²) >= 11 is 5.64. The molecule has 0 unspecified atom stereocenters. The number of alkyl halides is 3. The molecule has 27 heavy (non-hydrogen) atoms. The monoisotopic (exact) mass is 393 g/mol. The topological polar surface area (TPSA) is 38.3 Å². The Morgan fingerprint density at radius 1 is 1.04 bits per heavy atom. The normalized spacial score (nSPS) is 12.6. The molecule has 0 bridgehead atoms. The predicted octanol–water partition coefficient (Wildman–Crippen LogP) is 5.92. The van der Waals surface area contributed by atoms with Crippen LogP contribution in [-0.2, 0) is 11.0 Å². The Balaban J connectivity index is 1.76. The van der Waals surface area contributed by atoms with Crippen molar-refractivity contribution in [2.24, 2.45) is 0 Å². The molecule has 3 aromatic rings. The Kier molecular flexibility index (Phi) is 5.28. The van der Waals surface area contributed by atoms with Crippen molar-refractivity contribution in [1.82, 2.24) is 0 Å². The second-order valence-corrected chi connectivity index (χ2v) is 6.38. The fourth-order valence-corrected chi connectivity index (χ4v) is 2.76. The van der Waals surface area contributed by atoms with Crippen molar-refractivity contribution in [1.29, 1.82) is 0 Å². The first-order valence-electron chi connectivity index (χ1n) is 8.07. The fraction of sp³-hybridized carbons (Fsp3) is 0.150. The summed E-state index contributed by atoms with van der Waals surface area (Å²) < 4.78 is 45.0. The van der Waals surface area contributed by atoms with E-state index in [-0.39, 0.29) is 10.7 Å². The Labute approximate surface area is 158 Å². The van der Waals surface area contributed by atoms with Crippen LogP contribution in [0.1, 0.15) is 12.5 Å². The number of nitrogens with one attached hydrogen (secondary N) is 1. The van der Waals surface area contributed by atoms with Gasteiger partial charge in [0.15, 0.2) is 6.10 Å². The van der Waals surface area contributed by atoms with E-state index in [9.17, 15) is 18.0 Å². The van der Waals surface area contributed by atoms with Gasteiger partial charge in [0.25, 0.3) is 5.91 Å². The van der Waals surface area contributed by atoms with Crippen LogP contribution in [0.15, 0.2) is 60.7 Å². The van der Waals surface area contributed by atoms with Crippen LogP contribution in [0.4, 0.5) is 18.9 Å². The fourth-order valence-electron chi connectivity index (χ4n) is 2.59. The lowest BCUT2D eigenvalue weighted by molar-refractivity contribution is -0.137. The molecule has 1 atom stereocenters. The van der Waals surface area contributed by atoms with Crippen molar-refractivity contribution in [3.8, 4) is 5.75 Å². The third kappa shape index (κ3) is 4.52. The van der Waals surface area contributed by atoms with Crippen LogP contribution >= 0.6 is 11.6 Å². The van der Waals surface area contributed by atoms with Gasteiger partial charge >= 0.3 is 6.18 Å². The molecule has 0 spiro atoms. The lowest BCUT2D eigenvalue weighted by atomic mass is 10.1. The average molecular weight is 394 g/mol. The minimum Gasteiger partial charge on any atom is -0.481 e. The van der Waals surface area contributed by atoms with Gasteiger partial charge in [-0.2, -0.15) is 13.2 Å². The standard InChI is InChI=1S/C20H15ClF3NO2/c1-12(27-16-8-6-13-4-2-3-5-14(13)10-16)19(26)25-18-9-7-15(21)11-17(18)20(22,23)24/h2-12H,1H3,(H,25,26)/t12-/m0/s1. The van der Waals surface area contributed by atoms with E-state index < -0.39 is 23.8 Å². The van der Waals surface area contributed by atoms with E-state index in [1.54, 1.807) is 12.1 Å². The molecular weight excluding hydrogens is 379 g/mol. The minimum absolute atomic E-state index is 0.0687. The second-order valence-electron chi connectivity index (χ2n) is 5.95. The highest BCUT2D eigenvalue weighted by atomic mass is 35.5. The van der Waals surface area contributed by atoms with Crippen molar-refractivity contribution in [2.75, 3.05) is 5.32 Å². The van der Waals surface area contributed by atoms with Gasteiger partial charge in [-0.05, 0) is 48.0 Å². The van der Waals surface area contributed by atoms with Gasteiger partial charge in [-0.1, -0.05) is 41.9 Å². The Bertz CT molecular complexity index is 988. The molecule has 0 saturated heterocycles. The molecule has 1 N–H and O–H groups in total. The lowest BCUT2D eigenvalue weighted by Gasteiger charge is -2.18. The number of carbonyl (C=O) groups excluding carboxylic acids is 1. The van der Waals surface area contributed by atoms with Crippen molar-refractivity contribution in [3.63, 3.8) is 0 Å². The third-order valence-electron chi connectivity index (χ3n) is 3.95. The summed E-state index contributed by atoms with van der Waals surface area (Å²) in [7, 11) is 0. The molecular formula is C20H15ClF3NO2. The molecule has 140 valence electrons.